The number of nitrogens with zero attached hydrogens (tertiary/aromatic N) is 5. The number of rotatable bonds is 7. The largest absolute Gasteiger partial charge is 0.497 e. The van der Waals surface area contributed by atoms with Crippen LogP contribution in [0.3, 0.4) is 0 Å². The van der Waals surface area contributed by atoms with Crippen LogP contribution in [0.1, 0.15) is 5.69 Å². The Balaban J connectivity index is 1.55. The maximum atomic E-state index is 6.21. The first-order valence-electron chi connectivity index (χ1n) is 8.52. The Morgan fingerprint density at radius 3 is 2.79 bits per heavy atom. The van der Waals surface area contributed by atoms with Crippen LogP contribution in [0.4, 0.5) is 0 Å². The van der Waals surface area contributed by atoms with Crippen LogP contribution in [-0.4, -0.2) is 39.4 Å². The van der Waals surface area contributed by atoms with Crippen molar-refractivity contribution in [1.82, 2.24) is 25.2 Å². The molecule has 0 atom stereocenters. The fraction of sp³-hybridized carbons (Fsp3) is 0.158. The van der Waals surface area contributed by atoms with Crippen LogP contribution in [0.15, 0.2) is 58.3 Å². The summed E-state index contributed by atoms with van der Waals surface area (Å²) in [5, 5.41) is 13.2. The number of halogens is 1. The van der Waals surface area contributed by atoms with Gasteiger partial charge in [0.1, 0.15) is 23.4 Å². The highest BCUT2D eigenvalue weighted by atomic mass is 35.5. The number of thioether (sulfide) groups is 1. The molecule has 29 heavy (non-hydrogen) atoms. The van der Waals surface area contributed by atoms with E-state index in [4.69, 9.17) is 25.5 Å². The van der Waals surface area contributed by atoms with Gasteiger partial charge in [-0.2, -0.15) is 4.68 Å². The average molecular weight is 430 g/mol. The monoisotopic (exact) mass is 429 g/mol. The fourth-order valence-electron chi connectivity index (χ4n) is 2.65. The van der Waals surface area contributed by atoms with E-state index in [0.717, 1.165) is 11.3 Å². The van der Waals surface area contributed by atoms with Gasteiger partial charge in [-0.15, -0.1) is 5.10 Å². The van der Waals surface area contributed by atoms with E-state index < -0.39 is 0 Å². The SMILES string of the molecule is COc1ccc(OC)c(-n2nnnc2SCc2coc(-c3ccccc3Cl)n2)c1. The number of oxazole rings is 1. The van der Waals surface area contributed by atoms with E-state index in [-0.39, 0.29) is 0 Å². The highest BCUT2D eigenvalue weighted by molar-refractivity contribution is 7.98. The molecule has 4 rings (SSSR count). The van der Waals surface area contributed by atoms with Gasteiger partial charge >= 0.3 is 0 Å². The minimum atomic E-state index is 0.472. The zero-order valence-corrected chi connectivity index (χ0v) is 17.1. The number of hydrogen-bond acceptors (Lipinski definition) is 8. The Kier molecular flexibility index (Phi) is 5.68. The molecule has 0 unspecified atom stereocenters. The van der Waals surface area contributed by atoms with E-state index in [1.165, 1.54) is 11.8 Å². The molecule has 8 nitrogen and oxygen atoms in total. The molecular weight excluding hydrogens is 414 g/mol. The minimum absolute atomic E-state index is 0.472. The molecule has 0 saturated carbocycles. The Morgan fingerprint density at radius 1 is 1.14 bits per heavy atom. The molecule has 0 bridgehead atoms. The molecule has 0 spiro atoms. The van der Waals surface area contributed by atoms with Crippen LogP contribution in [-0.2, 0) is 5.75 Å². The van der Waals surface area contributed by atoms with Crippen molar-refractivity contribution in [1.29, 1.82) is 0 Å². The highest BCUT2D eigenvalue weighted by Crippen LogP contribution is 2.31. The third-order valence-electron chi connectivity index (χ3n) is 4.06. The molecule has 0 amide bonds. The van der Waals surface area contributed by atoms with Crippen molar-refractivity contribution in [2.75, 3.05) is 14.2 Å². The summed E-state index contributed by atoms with van der Waals surface area (Å²) in [4.78, 5) is 4.51. The zero-order chi connectivity index (χ0) is 20.2. The molecule has 0 N–H and O–H groups in total. The first-order valence-corrected chi connectivity index (χ1v) is 9.89. The van der Waals surface area contributed by atoms with Gasteiger partial charge in [0.15, 0.2) is 0 Å². The number of benzene rings is 2. The van der Waals surface area contributed by atoms with E-state index in [1.807, 2.05) is 30.3 Å². The van der Waals surface area contributed by atoms with E-state index in [0.29, 0.717) is 39.0 Å². The lowest BCUT2D eigenvalue weighted by atomic mass is 10.2. The predicted octanol–water partition coefficient (Wildman–Crippen LogP) is 4.28. The van der Waals surface area contributed by atoms with Crippen LogP contribution >= 0.6 is 23.4 Å². The van der Waals surface area contributed by atoms with Crippen LogP contribution in [0.2, 0.25) is 5.02 Å². The van der Waals surface area contributed by atoms with Crippen LogP contribution in [0.5, 0.6) is 11.5 Å². The first kappa shape index (κ1) is 19.3. The summed E-state index contributed by atoms with van der Waals surface area (Å²) in [6, 6.07) is 12.8. The van der Waals surface area contributed by atoms with Crippen molar-refractivity contribution < 1.29 is 13.9 Å². The van der Waals surface area contributed by atoms with Gasteiger partial charge in [0.25, 0.3) is 0 Å². The molecule has 0 saturated heterocycles. The van der Waals surface area contributed by atoms with Gasteiger partial charge in [-0.3, -0.25) is 0 Å². The Bertz CT molecular complexity index is 1130. The standard InChI is InChI=1S/C19H16ClN5O3S/c1-26-13-7-8-17(27-2)16(9-13)25-19(22-23-24-25)29-11-12-10-28-18(21-12)14-5-3-4-6-15(14)20/h3-10H,11H2,1-2H3. The summed E-state index contributed by atoms with van der Waals surface area (Å²) in [5.74, 6) is 2.29. The Morgan fingerprint density at radius 2 is 2.00 bits per heavy atom. The van der Waals surface area contributed by atoms with Crippen molar-refractivity contribution in [2.24, 2.45) is 0 Å². The first-order chi connectivity index (χ1) is 14.2. The molecule has 2 aromatic heterocycles. The second kappa shape index (κ2) is 8.54. The summed E-state index contributed by atoms with van der Waals surface area (Å²) in [7, 11) is 3.19. The fourth-order valence-corrected chi connectivity index (χ4v) is 3.63. The highest BCUT2D eigenvalue weighted by Gasteiger charge is 2.16. The van der Waals surface area contributed by atoms with Crippen LogP contribution < -0.4 is 9.47 Å². The third kappa shape index (κ3) is 4.06. The van der Waals surface area contributed by atoms with Gasteiger partial charge in [0.05, 0.1) is 30.5 Å². The number of methoxy groups -OCH3 is 2. The zero-order valence-electron chi connectivity index (χ0n) is 15.6. The van der Waals surface area contributed by atoms with Crippen molar-refractivity contribution in [2.45, 2.75) is 10.9 Å². The van der Waals surface area contributed by atoms with E-state index in [9.17, 15) is 0 Å². The van der Waals surface area contributed by atoms with E-state index >= 15 is 0 Å². The molecule has 0 aliphatic rings. The number of hydrogen-bond donors (Lipinski definition) is 0. The third-order valence-corrected chi connectivity index (χ3v) is 5.34. The Labute approximate surface area is 175 Å². The minimum Gasteiger partial charge on any atom is -0.497 e. The maximum absolute atomic E-state index is 6.21. The molecule has 0 radical (unpaired) electrons. The maximum Gasteiger partial charge on any atom is 0.227 e. The molecule has 2 heterocycles. The smallest absolute Gasteiger partial charge is 0.227 e. The number of tetrazole rings is 1. The molecule has 0 aliphatic heterocycles. The normalized spacial score (nSPS) is 10.9. The summed E-state index contributed by atoms with van der Waals surface area (Å²) in [6.07, 6.45) is 1.60. The lowest BCUT2D eigenvalue weighted by Gasteiger charge is -2.10. The van der Waals surface area contributed by atoms with Gasteiger partial charge in [-0.1, -0.05) is 35.5 Å². The lowest BCUT2D eigenvalue weighted by Crippen LogP contribution is -2.02. The number of aromatic nitrogens is 5. The lowest BCUT2D eigenvalue weighted by molar-refractivity contribution is 0.399. The van der Waals surface area contributed by atoms with Gasteiger partial charge in [0.2, 0.25) is 11.0 Å². The Hall–Kier alpha value is -3.04. The van der Waals surface area contributed by atoms with Crippen molar-refractivity contribution in [3.8, 4) is 28.6 Å². The van der Waals surface area contributed by atoms with Gasteiger partial charge in [-0.25, -0.2) is 4.98 Å². The summed E-state index contributed by atoms with van der Waals surface area (Å²) in [5.41, 5.74) is 2.17. The summed E-state index contributed by atoms with van der Waals surface area (Å²) >= 11 is 7.63. The van der Waals surface area contributed by atoms with Gasteiger partial charge in [-0.05, 0) is 34.7 Å². The molecule has 10 heteroatoms. The van der Waals surface area contributed by atoms with Crippen molar-refractivity contribution in [3.63, 3.8) is 0 Å². The second-order valence-corrected chi connectivity index (χ2v) is 7.17. The van der Waals surface area contributed by atoms with Crippen molar-refractivity contribution >= 4 is 23.4 Å². The summed E-state index contributed by atoms with van der Waals surface area (Å²) in [6.45, 7) is 0. The molecular formula is C19H16ClN5O3S. The van der Waals surface area contributed by atoms with Crippen LogP contribution in [0.25, 0.3) is 17.1 Å². The quantitative estimate of drug-likeness (QED) is 0.402. The van der Waals surface area contributed by atoms with Crippen molar-refractivity contribution in [3.05, 3.63) is 59.4 Å². The molecule has 0 aliphatic carbocycles. The second-order valence-electron chi connectivity index (χ2n) is 5.82. The van der Waals surface area contributed by atoms with E-state index in [2.05, 4.69) is 20.5 Å². The molecule has 2 aromatic carbocycles. The molecule has 148 valence electrons. The summed E-state index contributed by atoms with van der Waals surface area (Å²) < 4.78 is 17.9. The average Bonchev–Trinajstić information content (AvgIpc) is 3.41. The van der Waals surface area contributed by atoms with E-state index in [1.54, 1.807) is 37.3 Å². The molecule has 0 fully saturated rings. The predicted molar refractivity (Wildman–Crippen MR) is 109 cm³/mol. The van der Waals surface area contributed by atoms with Crippen LogP contribution in [0, 0.1) is 0 Å². The van der Waals surface area contributed by atoms with Gasteiger partial charge in [0, 0.05) is 11.8 Å². The molecule has 4 aromatic rings. The number of ether oxygens (including phenoxy) is 2. The topological polar surface area (TPSA) is 88.1 Å². The van der Waals surface area contributed by atoms with Gasteiger partial charge < -0.3 is 13.9 Å².